The molecule has 2 aromatic heterocycles. The molecule has 0 aliphatic heterocycles. The molecule has 10 aromatic carbocycles. The average molecular weight is 769 g/mol. The number of benzene rings is 10. The van der Waals surface area contributed by atoms with Crippen molar-refractivity contribution >= 4 is 99.5 Å². The van der Waals surface area contributed by atoms with E-state index < -0.39 is 0 Å². The lowest BCUT2D eigenvalue weighted by molar-refractivity contribution is 0.669. The van der Waals surface area contributed by atoms with Crippen molar-refractivity contribution in [2.45, 2.75) is 0 Å². The molecule has 0 spiro atoms. The number of anilines is 6. The maximum absolute atomic E-state index is 6.92. The van der Waals surface area contributed by atoms with Gasteiger partial charge in [0.15, 0.2) is 5.58 Å². The Morgan fingerprint density at radius 1 is 0.267 bits per heavy atom. The molecule has 0 saturated carbocycles. The van der Waals surface area contributed by atoms with Crippen molar-refractivity contribution in [1.82, 2.24) is 0 Å². The maximum atomic E-state index is 6.92. The predicted molar refractivity (Wildman–Crippen MR) is 251 cm³/mol. The number of para-hydroxylation sites is 5. The SMILES string of the molecule is c1ccc(N(c2ccccc2)c2ccc3c(c2)oc2c4ccc(-c5ccc(N(c6ccccc6)c6cccc7c6oc6ccccc67)cc5)cc4c4ccccc4c32)cc1. The summed E-state index contributed by atoms with van der Waals surface area (Å²) in [6.45, 7) is 0. The van der Waals surface area contributed by atoms with Crippen LogP contribution in [0.25, 0.3) is 76.5 Å². The van der Waals surface area contributed by atoms with E-state index in [9.17, 15) is 0 Å². The van der Waals surface area contributed by atoms with E-state index in [-0.39, 0.29) is 0 Å². The number of fused-ring (bicyclic) bond motifs is 11. The van der Waals surface area contributed by atoms with Gasteiger partial charge in [-0.2, -0.15) is 0 Å². The zero-order valence-electron chi connectivity index (χ0n) is 32.5. The number of hydrogen-bond acceptors (Lipinski definition) is 4. The Morgan fingerprint density at radius 2 is 0.783 bits per heavy atom. The zero-order chi connectivity index (χ0) is 39.6. The van der Waals surface area contributed by atoms with Crippen LogP contribution >= 0.6 is 0 Å². The van der Waals surface area contributed by atoms with Crippen molar-refractivity contribution in [3.8, 4) is 11.1 Å². The fraction of sp³-hybridized carbons (Fsp3) is 0. The van der Waals surface area contributed by atoms with Crippen molar-refractivity contribution in [3.05, 3.63) is 218 Å². The molecule has 0 N–H and O–H groups in total. The molecule has 0 atom stereocenters. The first kappa shape index (κ1) is 34.0. The van der Waals surface area contributed by atoms with Crippen molar-refractivity contribution in [2.75, 3.05) is 9.80 Å². The molecule has 0 unspecified atom stereocenters. The summed E-state index contributed by atoms with van der Waals surface area (Å²) < 4.78 is 13.4. The molecule has 0 radical (unpaired) electrons. The van der Waals surface area contributed by atoms with Gasteiger partial charge in [-0.05, 0) is 112 Å². The van der Waals surface area contributed by atoms with Gasteiger partial charge >= 0.3 is 0 Å². The molecule has 12 rings (SSSR count). The van der Waals surface area contributed by atoms with Gasteiger partial charge in [-0.25, -0.2) is 0 Å². The van der Waals surface area contributed by atoms with Gasteiger partial charge in [0.2, 0.25) is 0 Å². The minimum absolute atomic E-state index is 0.859. The van der Waals surface area contributed by atoms with Crippen LogP contribution in [0.15, 0.2) is 227 Å². The van der Waals surface area contributed by atoms with Gasteiger partial charge in [0, 0.05) is 61.4 Å². The second kappa shape index (κ2) is 13.8. The summed E-state index contributed by atoms with van der Waals surface area (Å²) in [6.07, 6.45) is 0. The molecule has 0 fully saturated rings. The van der Waals surface area contributed by atoms with Gasteiger partial charge in [-0.1, -0.05) is 127 Å². The number of hydrogen-bond donors (Lipinski definition) is 0. The molecule has 4 nitrogen and oxygen atoms in total. The minimum atomic E-state index is 0.859. The average Bonchev–Trinajstić information content (AvgIpc) is 3.90. The molecule has 0 aliphatic rings. The lowest BCUT2D eigenvalue weighted by atomic mass is 9.94. The monoisotopic (exact) mass is 768 g/mol. The second-order valence-electron chi connectivity index (χ2n) is 15.3. The summed E-state index contributed by atoms with van der Waals surface area (Å²) in [6, 6.07) is 77.1. The molecular formula is C56H36N2O2. The highest BCUT2D eigenvalue weighted by Gasteiger charge is 2.21. The Labute approximate surface area is 346 Å². The molecule has 60 heavy (non-hydrogen) atoms. The number of rotatable bonds is 7. The summed E-state index contributed by atoms with van der Waals surface area (Å²) in [5, 5.41) is 9.11. The largest absolute Gasteiger partial charge is 0.455 e. The van der Waals surface area contributed by atoms with E-state index in [1.807, 2.05) is 12.1 Å². The van der Waals surface area contributed by atoms with Crippen LogP contribution in [-0.2, 0) is 0 Å². The Kier molecular flexibility index (Phi) is 7.82. The quantitative estimate of drug-likeness (QED) is 0.151. The van der Waals surface area contributed by atoms with Crippen LogP contribution < -0.4 is 9.80 Å². The molecule has 0 amide bonds. The third kappa shape index (κ3) is 5.46. The molecule has 2 heterocycles. The highest BCUT2D eigenvalue weighted by Crippen LogP contribution is 2.46. The van der Waals surface area contributed by atoms with Gasteiger partial charge in [-0.15, -0.1) is 0 Å². The summed E-state index contributed by atoms with van der Waals surface area (Å²) in [4.78, 5) is 4.56. The highest BCUT2D eigenvalue weighted by molar-refractivity contribution is 6.30. The van der Waals surface area contributed by atoms with Crippen LogP contribution in [0.3, 0.4) is 0 Å². The van der Waals surface area contributed by atoms with E-state index >= 15 is 0 Å². The standard InChI is InChI=1S/C56H36N2O2/c1-4-15-39(16-5-1)57(40-17-6-2-7-18-40)43-32-34-49-53(36-43)60-56-48-33-29-38(35-50(48)44-21-10-11-23-46(44)54(49)56)37-27-30-42(31-28-37)58(41-19-8-3-9-20-41)51-25-14-24-47-45-22-12-13-26-52(45)59-55(47)51/h1-36H. The molecule has 0 aliphatic carbocycles. The first-order chi connectivity index (χ1) is 29.8. The van der Waals surface area contributed by atoms with Gasteiger partial charge in [0.1, 0.15) is 16.7 Å². The summed E-state index contributed by atoms with van der Waals surface area (Å²) in [5.74, 6) is 0. The summed E-state index contributed by atoms with van der Waals surface area (Å²) >= 11 is 0. The fourth-order valence-electron chi connectivity index (χ4n) is 9.08. The first-order valence-corrected chi connectivity index (χ1v) is 20.3. The van der Waals surface area contributed by atoms with E-state index in [0.29, 0.717) is 0 Å². The summed E-state index contributed by atoms with van der Waals surface area (Å²) in [5.41, 5.74) is 12.1. The van der Waals surface area contributed by atoms with Crippen LogP contribution in [0.4, 0.5) is 34.1 Å². The lowest BCUT2D eigenvalue weighted by Crippen LogP contribution is -2.10. The minimum Gasteiger partial charge on any atom is -0.455 e. The van der Waals surface area contributed by atoms with E-state index in [2.05, 4.69) is 216 Å². The lowest BCUT2D eigenvalue weighted by Gasteiger charge is -2.25. The number of furan rings is 2. The Balaban J connectivity index is 0.974. The normalized spacial score (nSPS) is 11.7. The molecule has 0 bridgehead atoms. The predicted octanol–water partition coefficient (Wildman–Crippen LogP) is 16.4. The Hall–Kier alpha value is -8.08. The summed E-state index contributed by atoms with van der Waals surface area (Å²) in [7, 11) is 0. The van der Waals surface area contributed by atoms with Gasteiger partial charge in [0.05, 0.1) is 5.69 Å². The molecule has 282 valence electrons. The topological polar surface area (TPSA) is 32.8 Å². The van der Waals surface area contributed by atoms with Crippen molar-refractivity contribution < 1.29 is 8.83 Å². The van der Waals surface area contributed by atoms with E-state index in [4.69, 9.17) is 8.83 Å². The third-order valence-corrected chi connectivity index (χ3v) is 11.8. The maximum Gasteiger partial charge on any atom is 0.159 e. The smallest absolute Gasteiger partial charge is 0.159 e. The number of nitrogens with zero attached hydrogens (tertiary/aromatic N) is 2. The van der Waals surface area contributed by atoms with Gasteiger partial charge in [0.25, 0.3) is 0 Å². The zero-order valence-corrected chi connectivity index (χ0v) is 32.5. The molecular weight excluding hydrogens is 733 g/mol. The van der Waals surface area contributed by atoms with Crippen molar-refractivity contribution in [3.63, 3.8) is 0 Å². The second-order valence-corrected chi connectivity index (χ2v) is 15.3. The van der Waals surface area contributed by atoms with E-state index in [1.165, 1.54) is 10.8 Å². The highest BCUT2D eigenvalue weighted by atomic mass is 16.3. The van der Waals surface area contributed by atoms with Crippen molar-refractivity contribution in [2.24, 2.45) is 0 Å². The Morgan fingerprint density at radius 3 is 1.50 bits per heavy atom. The molecule has 4 heteroatoms. The van der Waals surface area contributed by atoms with Crippen LogP contribution in [0.1, 0.15) is 0 Å². The van der Waals surface area contributed by atoms with E-state index in [0.717, 1.165) is 99.9 Å². The molecule has 0 saturated heterocycles. The van der Waals surface area contributed by atoms with Crippen LogP contribution in [0.5, 0.6) is 0 Å². The van der Waals surface area contributed by atoms with Crippen LogP contribution in [0, 0.1) is 0 Å². The Bertz CT molecular complexity index is 3500. The third-order valence-electron chi connectivity index (χ3n) is 11.8. The van der Waals surface area contributed by atoms with Gasteiger partial charge < -0.3 is 18.6 Å². The fourth-order valence-corrected chi connectivity index (χ4v) is 9.08. The van der Waals surface area contributed by atoms with Crippen LogP contribution in [0.2, 0.25) is 0 Å². The van der Waals surface area contributed by atoms with Crippen LogP contribution in [-0.4, -0.2) is 0 Å². The first-order valence-electron chi connectivity index (χ1n) is 20.3. The van der Waals surface area contributed by atoms with E-state index in [1.54, 1.807) is 0 Å². The molecule has 12 aromatic rings. The van der Waals surface area contributed by atoms with Gasteiger partial charge in [-0.3, -0.25) is 0 Å². The van der Waals surface area contributed by atoms with Crippen molar-refractivity contribution in [1.29, 1.82) is 0 Å².